The predicted octanol–water partition coefficient (Wildman–Crippen LogP) is 2.27. The molecule has 4 nitrogen and oxygen atoms in total. The summed E-state index contributed by atoms with van der Waals surface area (Å²) < 4.78 is 28.4. The molecular formula is C14H15F2N3O. The van der Waals surface area contributed by atoms with Gasteiger partial charge in [0.15, 0.2) is 0 Å². The molecule has 0 aliphatic heterocycles. The first-order valence-corrected chi connectivity index (χ1v) is 6.10. The maximum Gasteiger partial charge on any atom is 0.137 e. The lowest BCUT2D eigenvalue weighted by molar-refractivity contribution is -0.0222. The molecule has 1 N–H and O–H groups in total. The van der Waals surface area contributed by atoms with Crippen molar-refractivity contribution in [1.82, 2.24) is 14.8 Å². The third-order valence-electron chi connectivity index (χ3n) is 3.37. The van der Waals surface area contributed by atoms with Gasteiger partial charge < -0.3 is 5.11 Å². The molecule has 1 aromatic carbocycles. The average Bonchev–Trinajstić information content (AvgIpc) is 2.90. The molecule has 0 spiro atoms. The van der Waals surface area contributed by atoms with Crippen LogP contribution in [0.25, 0.3) is 0 Å². The Hall–Kier alpha value is -2.08. The van der Waals surface area contributed by atoms with Crippen molar-refractivity contribution in [1.29, 1.82) is 0 Å². The highest BCUT2D eigenvalue weighted by molar-refractivity contribution is 5.27. The van der Waals surface area contributed by atoms with Crippen LogP contribution in [0.5, 0.6) is 0 Å². The highest BCUT2D eigenvalue weighted by Gasteiger charge is 2.37. The van der Waals surface area contributed by atoms with E-state index in [9.17, 15) is 13.9 Å². The Morgan fingerprint density at radius 1 is 1.50 bits per heavy atom. The number of nitrogens with zero attached hydrogens (tertiary/aromatic N) is 3. The third kappa shape index (κ3) is 2.60. The van der Waals surface area contributed by atoms with Gasteiger partial charge in [-0.1, -0.05) is 19.1 Å². The molecule has 0 saturated heterocycles. The maximum absolute atomic E-state index is 14.0. The normalized spacial score (nSPS) is 15.6. The van der Waals surface area contributed by atoms with Crippen LogP contribution < -0.4 is 0 Å². The molecule has 0 aliphatic carbocycles. The van der Waals surface area contributed by atoms with Crippen molar-refractivity contribution >= 4 is 0 Å². The van der Waals surface area contributed by atoms with Crippen LogP contribution in [-0.2, 0) is 12.1 Å². The SMILES string of the molecule is C=C[C@H](C)[C@](O)(Cn1cncn1)c1ccc(F)cc1F. The van der Waals surface area contributed by atoms with Gasteiger partial charge in [-0.05, 0) is 6.07 Å². The number of aromatic nitrogens is 3. The Morgan fingerprint density at radius 2 is 2.25 bits per heavy atom. The van der Waals surface area contributed by atoms with Crippen molar-refractivity contribution in [2.45, 2.75) is 19.1 Å². The lowest BCUT2D eigenvalue weighted by Gasteiger charge is -2.33. The number of rotatable bonds is 5. The minimum atomic E-state index is -1.59. The van der Waals surface area contributed by atoms with Crippen LogP contribution in [-0.4, -0.2) is 19.9 Å². The van der Waals surface area contributed by atoms with Crippen molar-refractivity contribution in [3.63, 3.8) is 0 Å². The van der Waals surface area contributed by atoms with Crippen LogP contribution in [0.1, 0.15) is 12.5 Å². The van der Waals surface area contributed by atoms with Crippen LogP contribution >= 0.6 is 0 Å². The first kappa shape index (κ1) is 14.3. The summed E-state index contributed by atoms with van der Waals surface area (Å²) in [5.74, 6) is -1.96. The van der Waals surface area contributed by atoms with E-state index in [2.05, 4.69) is 16.7 Å². The van der Waals surface area contributed by atoms with Gasteiger partial charge >= 0.3 is 0 Å². The lowest BCUT2D eigenvalue weighted by atomic mass is 9.82. The number of halogens is 2. The minimum absolute atomic E-state index is 0.00167. The van der Waals surface area contributed by atoms with Crippen LogP contribution in [0, 0.1) is 17.6 Å². The molecule has 1 heterocycles. The summed E-state index contributed by atoms with van der Waals surface area (Å²) in [4.78, 5) is 3.78. The quantitative estimate of drug-likeness (QED) is 0.854. The Labute approximate surface area is 115 Å². The monoisotopic (exact) mass is 279 g/mol. The third-order valence-corrected chi connectivity index (χ3v) is 3.37. The highest BCUT2D eigenvalue weighted by atomic mass is 19.1. The minimum Gasteiger partial charge on any atom is -0.382 e. The molecule has 2 atom stereocenters. The second-order valence-electron chi connectivity index (χ2n) is 4.67. The standard InChI is InChI=1S/C14H15F2N3O/c1-3-10(2)14(20,7-19-9-17-8-18-19)12-5-4-11(15)6-13(12)16/h3-6,8-10,20H,1,7H2,2H3/t10-,14+/m0/s1. The van der Waals surface area contributed by atoms with Gasteiger partial charge in [-0.15, -0.1) is 6.58 Å². The molecule has 2 aromatic rings. The van der Waals surface area contributed by atoms with Gasteiger partial charge in [0.25, 0.3) is 0 Å². The van der Waals surface area contributed by atoms with E-state index in [1.165, 1.54) is 29.5 Å². The molecule has 1 aromatic heterocycles. The number of hydrogen-bond acceptors (Lipinski definition) is 3. The largest absolute Gasteiger partial charge is 0.382 e. The summed E-state index contributed by atoms with van der Waals surface area (Å²) in [7, 11) is 0. The molecule has 0 bridgehead atoms. The van der Waals surface area contributed by atoms with E-state index in [4.69, 9.17) is 0 Å². The number of aliphatic hydroxyl groups is 1. The zero-order chi connectivity index (χ0) is 14.8. The van der Waals surface area contributed by atoms with E-state index >= 15 is 0 Å². The fourth-order valence-corrected chi connectivity index (χ4v) is 2.07. The lowest BCUT2D eigenvalue weighted by Crippen LogP contribution is -2.38. The molecule has 106 valence electrons. The van der Waals surface area contributed by atoms with Crippen LogP contribution in [0.15, 0.2) is 43.5 Å². The molecule has 0 fully saturated rings. The van der Waals surface area contributed by atoms with Crippen LogP contribution in [0.3, 0.4) is 0 Å². The van der Waals surface area contributed by atoms with Crippen molar-refractivity contribution in [3.8, 4) is 0 Å². The summed E-state index contributed by atoms with van der Waals surface area (Å²) in [5, 5.41) is 14.8. The van der Waals surface area contributed by atoms with Gasteiger partial charge in [0.2, 0.25) is 0 Å². The summed E-state index contributed by atoms with van der Waals surface area (Å²) >= 11 is 0. The smallest absolute Gasteiger partial charge is 0.137 e. The Morgan fingerprint density at radius 3 is 2.80 bits per heavy atom. The van der Waals surface area contributed by atoms with Crippen LogP contribution in [0.4, 0.5) is 8.78 Å². The molecule has 0 unspecified atom stereocenters. The Balaban J connectivity index is 2.48. The molecule has 6 heteroatoms. The van der Waals surface area contributed by atoms with Gasteiger partial charge in [0.1, 0.15) is 29.9 Å². The molecule has 2 rings (SSSR count). The topological polar surface area (TPSA) is 50.9 Å². The van der Waals surface area contributed by atoms with Gasteiger partial charge in [0, 0.05) is 17.5 Å². The molecule has 20 heavy (non-hydrogen) atoms. The molecule has 0 aliphatic rings. The number of benzene rings is 1. The summed E-state index contributed by atoms with van der Waals surface area (Å²) in [6, 6.07) is 3.10. The molecule has 0 amide bonds. The molecule has 0 radical (unpaired) electrons. The summed E-state index contributed by atoms with van der Waals surface area (Å²) in [6.07, 6.45) is 4.25. The van der Waals surface area contributed by atoms with Crippen molar-refractivity contribution in [2.75, 3.05) is 0 Å². The fraction of sp³-hybridized carbons (Fsp3) is 0.286. The molecular weight excluding hydrogens is 264 g/mol. The Bertz CT molecular complexity index is 600. The van der Waals surface area contributed by atoms with E-state index in [1.54, 1.807) is 6.92 Å². The predicted molar refractivity (Wildman–Crippen MR) is 69.6 cm³/mol. The second-order valence-corrected chi connectivity index (χ2v) is 4.67. The van der Waals surface area contributed by atoms with E-state index in [-0.39, 0.29) is 12.1 Å². The first-order chi connectivity index (χ1) is 9.47. The maximum atomic E-state index is 14.0. The zero-order valence-electron chi connectivity index (χ0n) is 11.0. The molecule has 0 saturated carbocycles. The highest BCUT2D eigenvalue weighted by Crippen LogP contribution is 2.34. The van der Waals surface area contributed by atoms with Gasteiger partial charge in [-0.2, -0.15) is 5.10 Å². The fourth-order valence-electron chi connectivity index (χ4n) is 2.07. The van der Waals surface area contributed by atoms with Crippen molar-refractivity contribution in [3.05, 3.63) is 60.7 Å². The average molecular weight is 279 g/mol. The second kappa shape index (κ2) is 5.50. The zero-order valence-corrected chi connectivity index (χ0v) is 11.0. The van der Waals surface area contributed by atoms with Gasteiger partial charge in [-0.3, -0.25) is 0 Å². The van der Waals surface area contributed by atoms with E-state index in [0.29, 0.717) is 0 Å². The van der Waals surface area contributed by atoms with E-state index < -0.39 is 23.2 Å². The van der Waals surface area contributed by atoms with E-state index in [1.807, 2.05) is 0 Å². The number of hydrogen-bond donors (Lipinski definition) is 1. The van der Waals surface area contributed by atoms with Gasteiger partial charge in [0.05, 0.1) is 6.54 Å². The van der Waals surface area contributed by atoms with E-state index in [0.717, 1.165) is 12.1 Å². The van der Waals surface area contributed by atoms with Crippen molar-refractivity contribution < 1.29 is 13.9 Å². The van der Waals surface area contributed by atoms with Crippen LogP contribution in [0.2, 0.25) is 0 Å². The Kier molecular flexibility index (Phi) is 3.94. The summed E-state index contributed by atoms with van der Waals surface area (Å²) in [5.41, 5.74) is -1.59. The van der Waals surface area contributed by atoms with Crippen molar-refractivity contribution in [2.24, 2.45) is 5.92 Å². The summed E-state index contributed by atoms with van der Waals surface area (Å²) in [6.45, 7) is 5.32. The van der Waals surface area contributed by atoms with Gasteiger partial charge in [-0.25, -0.2) is 18.4 Å². The first-order valence-electron chi connectivity index (χ1n) is 6.10.